The normalized spacial score (nSPS) is 10.4. The Morgan fingerprint density at radius 3 is 2.23 bits per heavy atom. The molecule has 154 valence electrons. The van der Waals surface area contributed by atoms with Crippen molar-refractivity contribution < 1.29 is 13.5 Å². The van der Waals surface area contributed by atoms with E-state index in [4.69, 9.17) is 10.5 Å². The zero-order valence-corrected chi connectivity index (χ0v) is 16.9. The first-order chi connectivity index (χ1) is 14.4. The standard InChI is InChI=1S/C22H16F2N2O2.C2H6/c1-26-12-18(15-4-2-3-5-16(15)22(26)27)17-11-14(25)7-9-20(17)28-21-8-6-13(23)10-19(21)24;1-2/h2-12H,25H2,1H3;1-2H3. The predicted molar refractivity (Wildman–Crippen MR) is 117 cm³/mol. The summed E-state index contributed by atoms with van der Waals surface area (Å²) in [6, 6.07) is 15.2. The molecule has 6 heteroatoms. The maximum absolute atomic E-state index is 14.1. The van der Waals surface area contributed by atoms with Gasteiger partial charge in [0.15, 0.2) is 11.6 Å². The minimum absolute atomic E-state index is 0.110. The van der Waals surface area contributed by atoms with Crippen LogP contribution in [0.1, 0.15) is 13.8 Å². The molecule has 0 fully saturated rings. The largest absolute Gasteiger partial charge is 0.454 e. The molecule has 0 spiro atoms. The van der Waals surface area contributed by atoms with Crippen LogP contribution < -0.4 is 16.0 Å². The Kier molecular flexibility index (Phi) is 6.16. The van der Waals surface area contributed by atoms with E-state index in [-0.39, 0.29) is 11.3 Å². The fraction of sp³-hybridized carbons (Fsp3) is 0.125. The monoisotopic (exact) mass is 408 g/mol. The number of rotatable bonds is 3. The fourth-order valence-electron chi connectivity index (χ4n) is 3.15. The molecule has 4 rings (SSSR count). The molecule has 30 heavy (non-hydrogen) atoms. The Hall–Kier alpha value is -3.67. The van der Waals surface area contributed by atoms with Crippen LogP contribution in [0.2, 0.25) is 0 Å². The van der Waals surface area contributed by atoms with Gasteiger partial charge in [-0.25, -0.2) is 8.78 Å². The number of fused-ring (bicyclic) bond motifs is 1. The molecule has 2 N–H and O–H groups in total. The van der Waals surface area contributed by atoms with Crippen molar-refractivity contribution >= 4 is 16.5 Å². The molecular weight excluding hydrogens is 386 g/mol. The molecule has 0 atom stereocenters. The van der Waals surface area contributed by atoms with Crippen molar-refractivity contribution in [2.24, 2.45) is 7.05 Å². The Bertz CT molecular complexity index is 1270. The van der Waals surface area contributed by atoms with E-state index in [2.05, 4.69) is 0 Å². The number of pyridine rings is 1. The summed E-state index contributed by atoms with van der Waals surface area (Å²) in [7, 11) is 1.66. The second-order valence-corrected chi connectivity index (χ2v) is 6.44. The lowest BCUT2D eigenvalue weighted by Crippen LogP contribution is -2.16. The summed E-state index contributed by atoms with van der Waals surface area (Å²) in [6.07, 6.45) is 1.69. The average molecular weight is 408 g/mol. The van der Waals surface area contributed by atoms with Crippen molar-refractivity contribution in [3.05, 3.63) is 88.8 Å². The van der Waals surface area contributed by atoms with E-state index in [9.17, 15) is 13.6 Å². The van der Waals surface area contributed by atoms with E-state index in [0.29, 0.717) is 28.0 Å². The maximum atomic E-state index is 14.1. The van der Waals surface area contributed by atoms with Crippen LogP contribution in [0, 0.1) is 11.6 Å². The Morgan fingerprint density at radius 1 is 0.867 bits per heavy atom. The van der Waals surface area contributed by atoms with Crippen molar-refractivity contribution in [3.8, 4) is 22.6 Å². The highest BCUT2D eigenvalue weighted by molar-refractivity contribution is 5.97. The maximum Gasteiger partial charge on any atom is 0.258 e. The van der Waals surface area contributed by atoms with Crippen LogP contribution in [0.15, 0.2) is 71.7 Å². The molecule has 0 bridgehead atoms. The number of hydrogen-bond donors (Lipinski definition) is 1. The van der Waals surface area contributed by atoms with Crippen LogP contribution in [0.5, 0.6) is 11.5 Å². The lowest BCUT2D eigenvalue weighted by molar-refractivity contribution is 0.439. The van der Waals surface area contributed by atoms with E-state index in [1.807, 2.05) is 26.0 Å². The number of halogens is 2. The number of hydrogen-bond acceptors (Lipinski definition) is 3. The summed E-state index contributed by atoms with van der Waals surface area (Å²) >= 11 is 0. The quantitative estimate of drug-likeness (QED) is 0.431. The number of benzene rings is 3. The van der Waals surface area contributed by atoms with E-state index < -0.39 is 11.6 Å². The number of anilines is 1. The molecule has 0 unspecified atom stereocenters. The van der Waals surface area contributed by atoms with Crippen LogP contribution in [-0.4, -0.2) is 4.57 Å². The number of nitrogen functional groups attached to an aromatic ring is 1. The van der Waals surface area contributed by atoms with Crippen molar-refractivity contribution in [1.29, 1.82) is 0 Å². The van der Waals surface area contributed by atoms with Gasteiger partial charge in [0.05, 0.1) is 0 Å². The molecule has 0 radical (unpaired) electrons. The van der Waals surface area contributed by atoms with Crippen LogP contribution in [0.25, 0.3) is 21.9 Å². The number of aryl methyl sites for hydroxylation is 1. The highest BCUT2D eigenvalue weighted by atomic mass is 19.1. The molecule has 0 aliphatic carbocycles. The Balaban J connectivity index is 0.00000124. The summed E-state index contributed by atoms with van der Waals surface area (Å²) in [4.78, 5) is 12.5. The van der Waals surface area contributed by atoms with Gasteiger partial charge in [0.2, 0.25) is 0 Å². The lowest BCUT2D eigenvalue weighted by Gasteiger charge is -2.15. The number of ether oxygens (including phenoxy) is 1. The van der Waals surface area contributed by atoms with Gasteiger partial charge >= 0.3 is 0 Å². The summed E-state index contributed by atoms with van der Waals surface area (Å²) in [6.45, 7) is 4.00. The zero-order chi connectivity index (χ0) is 21.8. The summed E-state index contributed by atoms with van der Waals surface area (Å²) < 4.78 is 34.5. The smallest absolute Gasteiger partial charge is 0.258 e. The van der Waals surface area contributed by atoms with Gasteiger partial charge in [0.25, 0.3) is 5.56 Å². The third-order valence-electron chi connectivity index (χ3n) is 4.50. The first-order valence-electron chi connectivity index (χ1n) is 9.55. The second kappa shape index (κ2) is 8.78. The number of nitrogens with two attached hydrogens (primary N) is 1. The third-order valence-corrected chi connectivity index (χ3v) is 4.50. The molecule has 1 aromatic heterocycles. The second-order valence-electron chi connectivity index (χ2n) is 6.44. The topological polar surface area (TPSA) is 57.2 Å². The molecule has 4 nitrogen and oxygen atoms in total. The van der Waals surface area contributed by atoms with E-state index in [1.54, 1.807) is 43.6 Å². The van der Waals surface area contributed by atoms with Crippen molar-refractivity contribution in [3.63, 3.8) is 0 Å². The fourth-order valence-corrected chi connectivity index (χ4v) is 3.15. The highest BCUT2D eigenvalue weighted by Crippen LogP contribution is 2.38. The molecule has 3 aromatic carbocycles. The average Bonchev–Trinajstić information content (AvgIpc) is 2.75. The molecular formula is C24H22F2N2O2. The van der Waals surface area contributed by atoms with Gasteiger partial charge < -0.3 is 15.0 Å². The first-order valence-corrected chi connectivity index (χ1v) is 9.55. The lowest BCUT2D eigenvalue weighted by atomic mass is 9.99. The number of nitrogens with zero attached hydrogens (tertiary/aromatic N) is 1. The Labute approximate surface area is 173 Å². The summed E-state index contributed by atoms with van der Waals surface area (Å²) in [5.74, 6) is -1.27. The van der Waals surface area contributed by atoms with Gasteiger partial charge in [-0.15, -0.1) is 0 Å². The molecule has 0 amide bonds. The minimum atomic E-state index is -0.812. The van der Waals surface area contributed by atoms with Gasteiger partial charge in [-0.1, -0.05) is 32.0 Å². The molecule has 1 heterocycles. The van der Waals surface area contributed by atoms with Crippen molar-refractivity contribution in [2.45, 2.75) is 13.8 Å². The van der Waals surface area contributed by atoms with Crippen LogP contribution >= 0.6 is 0 Å². The number of aromatic nitrogens is 1. The van der Waals surface area contributed by atoms with Gasteiger partial charge in [-0.05, 0) is 41.8 Å². The molecule has 0 aliphatic heterocycles. The van der Waals surface area contributed by atoms with Crippen molar-refractivity contribution in [1.82, 2.24) is 4.57 Å². The van der Waals surface area contributed by atoms with E-state index in [0.717, 1.165) is 17.5 Å². The molecule has 0 saturated carbocycles. The first kappa shape index (κ1) is 21.0. The minimum Gasteiger partial charge on any atom is -0.454 e. The SMILES string of the molecule is CC.Cn1cc(-c2cc(N)ccc2Oc2ccc(F)cc2F)c2ccccc2c1=O. The van der Waals surface area contributed by atoms with Gasteiger partial charge in [-0.3, -0.25) is 4.79 Å². The summed E-state index contributed by atoms with van der Waals surface area (Å²) in [5.41, 5.74) is 7.63. The molecule has 0 saturated heterocycles. The third kappa shape index (κ3) is 4.03. The van der Waals surface area contributed by atoms with E-state index in [1.165, 1.54) is 10.6 Å². The van der Waals surface area contributed by atoms with Crippen LogP contribution in [-0.2, 0) is 7.05 Å². The predicted octanol–water partition coefficient (Wildman–Crippen LogP) is 5.88. The van der Waals surface area contributed by atoms with Crippen LogP contribution in [0.4, 0.5) is 14.5 Å². The Morgan fingerprint density at radius 2 is 1.53 bits per heavy atom. The molecule has 4 aromatic rings. The molecule has 0 aliphatic rings. The van der Waals surface area contributed by atoms with Gasteiger partial charge in [0.1, 0.15) is 11.6 Å². The van der Waals surface area contributed by atoms with Crippen LogP contribution in [0.3, 0.4) is 0 Å². The van der Waals surface area contributed by atoms with Gasteiger partial charge in [-0.2, -0.15) is 0 Å². The van der Waals surface area contributed by atoms with Crippen molar-refractivity contribution in [2.75, 3.05) is 5.73 Å². The highest BCUT2D eigenvalue weighted by Gasteiger charge is 2.15. The van der Waals surface area contributed by atoms with E-state index >= 15 is 0 Å². The van der Waals surface area contributed by atoms with Gasteiger partial charge in [0, 0.05) is 41.5 Å². The zero-order valence-electron chi connectivity index (χ0n) is 16.9. The summed E-state index contributed by atoms with van der Waals surface area (Å²) in [5, 5.41) is 1.27.